The van der Waals surface area contributed by atoms with Crippen LogP contribution in [0, 0.1) is 0 Å². The molecule has 0 amide bonds. The highest BCUT2D eigenvalue weighted by molar-refractivity contribution is 6.02. The summed E-state index contributed by atoms with van der Waals surface area (Å²) in [6, 6.07) is 16.4. The highest BCUT2D eigenvalue weighted by Gasteiger charge is 2.20. The quantitative estimate of drug-likeness (QED) is 0.576. The summed E-state index contributed by atoms with van der Waals surface area (Å²) < 4.78 is 5.12. The monoisotopic (exact) mass is 308 g/mol. The van der Waals surface area contributed by atoms with Gasteiger partial charge in [0.25, 0.3) is 0 Å². The second-order valence-corrected chi connectivity index (χ2v) is 5.37. The van der Waals surface area contributed by atoms with Crippen molar-refractivity contribution in [1.29, 1.82) is 0 Å². The van der Waals surface area contributed by atoms with Crippen molar-refractivity contribution >= 4 is 16.8 Å². The second-order valence-electron chi connectivity index (χ2n) is 5.37. The van der Waals surface area contributed by atoms with Crippen molar-refractivity contribution in [3.05, 3.63) is 76.1 Å². The number of Topliss-reactive ketones (excluding diaryl/α,β-unsaturated/α-hetero) is 1. The maximum absolute atomic E-state index is 12.3. The van der Waals surface area contributed by atoms with Gasteiger partial charge in [-0.2, -0.15) is 0 Å². The van der Waals surface area contributed by atoms with Gasteiger partial charge < -0.3 is 9.52 Å². The summed E-state index contributed by atoms with van der Waals surface area (Å²) in [5.41, 5.74) is 0.369. The Labute approximate surface area is 133 Å². The van der Waals surface area contributed by atoms with Crippen LogP contribution in [0.25, 0.3) is 11.0 Å². The van der Waals surface area contributed by atoms with E-state index in [4.69, 9.17) is 4.42 Å². The zero-order valence-electron chi connectivity index (χ0n) is 12.5. The van der Waals surface area contributed by atoms with Crippen molar-refractivity contribution in [1.82, 2.24) is 0 Å². The highest BCUT2D eigenvalue weighted by Crippen LogP contribution is 2.27. The van der Waals surface area contributed by atoms with Crippen LogP contribution < -0.4 is 5.63 Å². The van der Waals surface area contributed by atoms with Gasteiger partial charge in [-0.05, 0) is 30.5 Å². The van der Waals surface area contributed by atoms with Crippen molar-refractivity contribution in [3.8, 4) is 5.75 Å². The first-order valence-electron chi connectivity index (χ1n) is 7.49. The smallest absolute Gasteiger partial charge is 0.351 e. The Morgan fingerprint density at radius 3 is 2.48 bits per heavy atom. The predicted molar refractivity (Wildman–Crippen MR) is 87.9 cm³/mol. The van der Waals surface area contributed by atoms with E-state index in [-0.39, 0.29) is 23.3 Å². The summed E-state index contributed by atoms with van der Waals surface area (Å²) >= 11 is 0. The van der Waals surface area contributed by atoms with Crippen LogP contribution in [0.3, 0.4) is 0 Å². The first kappa shape index (κ1) is 15.0. The normalized spacial score (nSPS) is 10.8. The van der Waals surface area contributed by atoms with Gasteiger partial charge in [-0.1, -0.05) is 42.5 Å². The van der Waals surface area contributed by atoms with Crippen LogP contribution in [0.2, 0.25) is 0 Å². The van der Waals surface area contributed by atoms with Gasteiger partial charge in [0.2, 0.25) is 0 Å². The van der Waals surface area contributed by atoms with E-state index in [2.05, 4.69) is 0 Å². The topological polar surface area (TPSA) is 67.5 Å². The maximum Gasteiger partial charge on any atom is 0.351 e. The van der Waals surface area contributed by atoms with Gasteiger partial charge in [-0.3, -0.25) is 4.79 Å². The Bertz CT molecular complexity index is 894. The summed E-state index contributed by atoms with van der Waals surface area (Å²) in [5, 5.41) is 10.6. The molecule has 1 heterocycles. The third-order valence-corrected chi connectivity index (χ3v) is 3.78. The van der Waals surface area contributed by atoms with Crippen LogP contribution in [-0.4, -0.2) is 10.9 Å². The zero-order chi connectivity index (χ0) is 16.2. The number of rotatable bonds is 5. The fourth-order valence-electron chi connectivity index (χ4n) is 2.60. The maximum atomic E-state index is 12.3. The molecule has 0 aliphatic rings. The molecular weight excluding hydrogens is 292 g/mol. The Balaban J connectivity index is 1.80. The average molecular weight is 308 g/mol. The molecule has 116 valence electrons. The molecule has 0 aliphatic heterocycles. The van der Waals surface area contributed by atoms with E-state index in [1.54, 1.807) is 24.3 Å². The number of carbonyl (C=O) groups is 1. The van der Waals surface area contributed by atoms with Crippen LogP contribution in [0.5, 0.6) is 5.75 Å². The van der Waals surface area contributed by atoms with Crippen LogP contribution in [0.1, 0.15) is 28.8 Å². The Hall–Kier alpha value is -2.88. The van der Waals surface area contributed by atoms with E-state index < -0.39 is 11.4 Å². The van der Waals surface area contributed by atoms with Gasteiger partial charge in [0.15, 0.2) is 5.78 Å². The number of fused-ring (bicyclic) bond motifs is 1. The molecule has 1 aromatic heterocycles. The average Bonchev–Trinajstić information content (AvgIpc) is 2.56. The molecule has 0 saturated carbocycles. The molecule has 4 heteroatoms. The number of hydrogen-bond donors (Lipinski definition) is 1. The minimum Gasteiger partial charge on any atom is -0.506 e. The number of hydrogen-bond acceptors (Lipinski definition) is 4. The number of carbonyl (C=O) groups excluding carboxylic acids is 1. The molecule has 0 aliphatic carbocycles. The predicted octanol–water partition coefficient (Wildman–Crippen LogP) is 3.70. The lowest BCUT2D eigenvalue weighted by Gasteiger charge is -2.05. The third-order valence-electron chi connectivity index (χ3n) is 3.78. The van der Waals surface area contributed by atoms with Crippen LogP contribution in [0.15, 0.2) is 63.8 Å². The molecule has 0 atom stereocenters. The first-order valence-corrected chi connectivity index (χ1v) is 7.49. The largest absolute Gasteiger partial charge is 0.506 e. The second kappa shape index (κ2) is 6.48. The van der Waals surface area contributed by atoms with Gasteiger partial charge in [0.05, 0.1) is 5.39 Å². The molecule has 23 heavy (non-hydrogen) atoms. The van der Waals surface area contributed by atoms with Crippen molar-refractivity contribution in [2.24, 2.45) is 0 Å². The van der Waals surface area contributed by atoms with E-state index in [1.165, 1.54) is 0 Å². The molecule has 0 unspecified atom stereocenters. The van der Waals surface area contributed by atoms with Gasteiger partial charge in [-0.15, -0.1) is 0 Å². The lowest BCUT2D eigenvalue weighted by molar-refractivity contribution is 0.0974. The van der Waals surface area contributed by atoms with Gasteiger partial charge >= 0.3 is 5.63 Å². The lowest BCUT2D eigenvalue weighted by atomic mass is 10.0. The van der Waals surface area contributed by atoms with Crippen LogP contribution in [0.4, 0.5) is 0 Å². The lowest BCUT2D eigenvalue weighted by Crippen LogP contribution is -2.14. The standard InChI is InChI=1S/C19H16O4/c20-15(11-6-9-13-7-2-1-3-8-13)17-18(21)14-10-4-5-12-16(14)23-19(17)22/h1-5,7-8,10,12,21H,6,9,11H2. The Morgan fingerprint density at radius 1 is 1.00 bits per heavy atom. The molecule has 0 bridgehead atoms. The zero-order valence-corrected chi connectivity index (χ0v) is 12.5. The van der Waals surface area contributed by atoms with E-state index in [0.717, 1.165) is 12.0 Å². The molecule has 4 nitrogen and oxygen atoms in total. The number of aromatic hydroxyl groups is 1. The summed E-state index contributed by atoms with van der Waals surface area (Å²) in [4.78, 5) is 24.3. The van der Waals surface area contributed by atoms with Crippen molar-refractivity contribution in [3.63, 3.8) is 0 Å². The van der Waals surface area contributed by atoms with Crippen LogP contribution >= 0.6 is 0 Å². The fourth-order valence-corrected chi connectivity index (χ4v) is 2.60. The van der Waals surface area contributed by atoms with Crippen molar-refractivity contribution in [2.45, 2.75) is 19.3 Å². The SMILES string of the molecule is O=C(CCCc1ccccc1)c1c(O)c2ccccc2oc1=O. The third kappa shape index (κ3) is 3.16. The molecular formula is C19H16O4. The van der Waals surface area contributed by atoms with E-state index >= 15 is 0 Å². The number of ketones is 1. The van der Waals surface area contributed by atoms with E-state index in [0.29, 0.717) is 11.8 Å². The van der Waals surface area contributed by atoms with Crippen molar-refractivity contribution < 1.29 is 14.3 Å². The minimum absolute atomic E-state index is 0.186. The molecule has 0 radical (unpaired) electrons. The van der Waals surface area contributed by atoms with Gasteiger partial charge in [0.1, 0.15) is 16.9 Å². The fraction of sp³-hybridized carbons (Fsp3) is 0.158. The van der Waals surface area contributed by atoms with E-state index in [9.17, 15) is 14.7 Å². The Morgan fingerprint density at radius 2 is 1.70 bits per heavy atom. The molecule has 0 spiro atoms. The van der Waals surface area contributed by atoms with E-state index in [1.807, 2.05) is 30.3 Å². The summed E-state index contributed by atoms with van der Waals surface area (Å²) in [5.74, 6) is -0.681. The summed E-state index contributed by atoms with van der Waals surface area (Å²) in [6.45, 7) is 0. The highest BCUT2D eigenvalue weighted by atomic mass is 16.4. The number of para-hydroxylation sites is 1. The molecule has 3 aromatic rings. The van der Waals surface area contributed by atoms with Gasteiger partial charge in [0, 0.05) is 6.42 Å². The number of benzene rings is 2. The molecule has 0 saturated heterocycles. The number of aryl methyl sites for hydroxylation is 1. The molecule has 2 aromatic carbocycles. The summed E-state index contributed by atoms with van der Waals surface area (Å²) in [6.07, 6.45) is 1.53. The molecule has 0 fully saturated rings. The van der Waals surface area contributed by atoms with Gasteiger partial charge in [-0.25, -0.2) is 4.79 Å². The minimum atomic E-state index is -0.786. The first-order chi connectivity index (χ1) is 11.2. The molecule has 3 rings (SSSR count). The molecule has 1 N–H and O–H groups in total. The summed E-state index contributed by atoms with van der Waals surface area (Å²) in [7, 11) is 0. The van der Waals surface area contributed by atoms with Crippen LogP contribution in [-0.2, 0) is 6.42 Å². The Kier molecular flexibility index (Phi) is 4.24. The van der Waals surface area contributed by atoms with Crippen molar-refractivity contribution in [2.75, 3.05) is 0 Å².